The normalized spacial score (nSPS) is 10.5. The molecule has 0 unspecified atom stereocenters. The summed E-state index contributed by atoms with van der Waals surface area (Å²) in [5.74, 6) is 0. The Balaban J connectivity index is 1.62. The quantitative estimate of drug-likeness (QED) is 0.572. The van der Waals surface area contributed by atoms with Crippen LogP contribution in [0.5, 0.6) is 0 Å². The van der Waals surface area contributed by atoms with Crippen LogP contribution < -0.4 is 10.6 Å². The third kappa shape index (κ3) is 5.59. The van der Waals surface area contributed by atoms with Gasteiger partial charge in [0.05, 0.1) is 10.2 Å². The van der Waals surface area contributed by atoms with Crippen molar-refractivity contribution in [2.24, 2.45) is 0 Å². The Morgan fingerprint density at radius 2 is 2.05 bits per heavy atom. The van der Waals surface area contributed by atoms with Gasteiger partial charge in [0, 0.05) is 30.9 Å². The maximum Gasteiger partial charge on any atom is 0.166 e. The molecule has 0 bridgehead atoms. The van der Waals surface area contributed by atoms with Crippen molar-refractivity contribution >= 4 is 44.9 Å². The smallest absolute Gasteiger partial charge is 0.166 e. The van der Waals surface area contributed by atoms with Gasteiger partial charge in [-0.05, 0) is 59.2 Å². The van der Waals surface area contributed by atoms with Crippen LogP contribution in [0, 0.1) is 6.92 Å². The van der Waals surface area contributed by atoms with Crippen LogP contribution in [0.15, 0.2) is 34.9 Å². The third-order valence-electron chi connectivity index (χ3n) is 3.10. The zero-order chi connectivity index (χ0) is 15.9. The highest BCUT2D eigenvalue weighted by Gasteiger charge is 2.01. The number of nitrogens with one attached hydrogen (secondary N) is 2. The van der Waals surface area contributed by atoms with Crippen molar-refractivity contribution in [1.29, 1.82) is 0 Å². The summed E-state index contributed by atoms with van der Waals surface area (Å²) in [6, 6.07) is 7.71. The molecule has 0 fully saturated rings. The Labute approximate surface area is 149 Å². The van der Waals surface area contributed by atoms with Crippen molar-refractivity contribution < 1.29 is 0 Å². The topological polar surface area (TPSA) is 41.9 Å². The highest BCUT2D eigenvalue weighted by atomic mass is 79.9. The van der Waals surface area contributed by atoms with E-state index < -0.39 is 0 Å². The molecule has 7 heteroatoms. The standard InChI is InChI=1S/C15H18BrClN4S/c1-11-14(16)10-21(20-11)8-2-7-18-15(22)19-9-12-3-5-13(17)6-4-12/h3-6,10H,2,7-9H2,1H3,(H2,18,19,22). The summed E-state index contributed by atoms with van der Waals surface area (Å²) < 4.78 is 2.98. The van der Waals surface area contributed by atoms with Crippen molar-refractivity contribution in [2.45, 2.75) is 26.4 Å². The van der Waals surface area contributed by atoms with E-state index >= 15 is 0 Å². The largest absolute Gasteiger partial charge is 0.363 e. The van der Waals surface area contributed by atoms with Gasteiger partial charge < -0.3 is 10.6 Å². The molecule has 2 rings (SSSR count). The molecule has 0 aliphatic rings. The summed E-state index contributed by atoms with van der Waals surface area (Å²) in [5.41, 5.74) is 2.15. The van der Waals surface area contributed by atoms with E-state index in [1.807, 2.05) is 42.1 Å². The molecule has 4 nitrogen and oxygen atoms in total. The minimum Gasteiger partial charge on any atom is -0.363 e. The van der Waals surface area contributed by atoms with Crippen LogP contribution in [0.1, 0.15) is 17.7 Å². The molecule has 118 valence electrons. The van der Waals surface area contributed by atoms with Crippen LogP contribution in [0.3, 0.4) is 0 Å². The van der Waals surface area contributed by atoms with E-state index in [-0.39, 0.29) is 0 Å². The first-order valence-corrected chi connectivity index (χ1v) is 8.58. The molecular formula is C15H18BrClN4S. The Bertz CT molecular complexity index is 607. The number of thiocarbonyl (C=S) groups is 1. The van der Waals surface area contributed by atoms with E-state index in [1.165, 1.54) is 0 Å². The van der Waals surface area contributed by atoms with E-state index in [0.29, 0.717) is 11.7 Å². The minimum absolute atomic E-state index is 0.660. The number of nitrogens with zero attached hydrogens (tertiary/aromatic N) is 2. The fourth-order valence-electron chi connectivity index (χ4n) is 1.90. The van der Waals surface area contributed by atoms with Crippen molar-refractivity contribution in [3.63, 3.8) is 0 Å². The second-order valence-corrected chi connectivity index (χ2v) is 6.61. The fraction of sp³-hybridized carbons (Fsp3) is 0.333. The molecule has 0 radical (unpaired) electrons. The van der Waals surface area contributed by atoms with Gasteiger partial charge in [0.15, 0.2) is 5.11 Å². The van der Waals surface area contributed by atoms with Gasteiger partial charge in [-0.1, -0.05) is 23.7 Å². The van der Waals surface area contributed by atoms with E-state index in [1.54, 1.807) is 0 Å². The maximum absolute atomic E-state index is 5.85. The summed E-state index contributed by atoms with van der Waals surface area (Å²) in [4.78, 5) is 0. The number of aromatic nitrogens is 2. The predicted molar refractivity (Wildman–Crippen MR) is 98.2 cm³/mol. The number of hydrogen-bond donors (Lipinski definition) is 2. The van der Waals surface area contributed by atoms with Gasteiger partial charge >= 0.3 is 0 Å². The van der Waals surface area contributed by atoms with Gasteiger partial charge in [-0.2, -0.15) is 5.10 Å². The van der Waals surface area contributed by atoms with Gasteiger partial charge in [0.2, 0.25) is 0 Å². The molecule has 1 heterocycles. The lowest BCUT2D eigenvalue weighted by molar-refractivity contribution is 0.568. The van der Waals surface area contributed by atoms with Gasteiger partial charge in [0.1, 0.15) is 0 Å². The summed E-state index contributed by atoms with van der Waals surface area (Å²) in [7, 11) is 0. The van der Waals surface area contributed by atoms with Crippen LogP contribution in [0.2, 0.25) is 5.02 Å². The lowest BCUT2D eigenvalue weighted by atomic mass is 10.2. The van der Waals surface area contributed by atoms with Gasteiger partial charge in [0.25, 0.3) is 0 Å². The molecular weight excluding hydrogens is 384 g/mol. The molecule has 2 aromatic rings. The van der Waals surface area contributed by atoms with Crippen molar-refractivity contribution in [1.82, 2.24) is 20.4 Å². The molecule has 1 aromatic carbocycles. The monoisotopic (exact) mass is 400 g/mol. The van der Waals surface area contributed by atoms with Gasteiger partial charge in [-0.25, -0.2) is 0 Å². The van der Waals surface area contributed by atoms with E-state index in [2.05, 4.69) is 31.7 Å². The Hall–Kier alpha value is -1.11. The number of halogens is 2. The predicted octanol–water partition coefficient (Wildman–Crippen LogP) is 3.66. The van der Waals surface area contributed by atoms with E-state index in [0.717, 1.165) is 40.3 Å². The molecule has 1 aromatic heterocycles. The molecule has 0 saturated carbocycles. The molecule has 0 saturated heterocycles. The lowest BCUT2D eigenvalue weighted by Gasteiger charge is -2.10. The molecule has 0 aliphatic carbocycles. The average Bonchev–Trinajstić information content (AvgIpc) is 2.82. The summed E-state index contributed by atoms with van der Waals surface area (Å²) in [6.07, 6.45) is 2.95. The molecule has 0 aliphatic heterocycles. The van der Waals surface area contributed by atoms with Gasteiger partial charge in [-0.15, -0.1) is 0 Å². The molecule has 0 amide bonds. The first-order chi connectivity index (χ1) is 10.5. The number of aryl methyl sites for hydroxylation is 2. The van der Waals surface area contributed by atoms with Crippen molar-refractivity contribution in [3.05, 3.63) is 51.2 Å². The first kappa shape index (κ1) is 17.2. The molecule has 0 spiro atoms. The Morgan fingerprint density at radius 3 is 2.68 bits per heavy atom. The highest BCUT2D eigenvalue weighted by Crippen LogP contribution is 2.13. The minimum atomic E-state index is 0.660. The summed E-state index contributed by atoms with van der Waals surface area (Å²) in [5, 5.41) is 12.2. The van der Waals surface area contributed by atoms with E-state index in [9.17, 15) is 0 Å². The van der Waals surface area contributed by atoms with Gasteiger partial charge in [-0.3, -0.25) is 4.68 Å². The third-order valence-corrected chi connectivity index (χ3v) is 4.42. The van der Waals surface area contributed by atoms with Crippen LogP contribution in [-0.2, 0) is 13.1 Å². The van der Waals surface area contributed by atoms with Crippen LogP contribution in [-0.4, -0.2) is 21.4 Å². The number of rotatable bonds is 6. The molecule has 2 N–H and O–H groups in total. The van der Waals surface area contributed by atoms with E-state index in [4.69, 9.17) is 23.8 Å². The van der Waals surface area contributed by atoms with Crippen LogP contribution >= 0.6 is 39.7 Å². The SMILES string of the molecule is Cc1nn(CCCNC(=S)NCc2ccc(Cl)cc2)cc1Br. The van der Waals surface area contributed by atoms with Crippen molar-refractivity contribution in [2.75, 3.05) is 6.54 Å². The van der Waals surface area contributed by atoms with Crippen LogP contribution in [0.25, 0.3) is 0 Å². The van der Waals surface area contributed by atoms with Crippen molar-refractivity contribution in [3.8, 4) is 0 Å². The molecule has 22 heavy (non-hydrogen) atoms. The zero-order valence-corrected chi connectivity index (χ0v) is 15.4. The second kappa shape index (κ2) is 8.50. The summed E-state index contributed by atoms with van der Waals surface area (Å²) in [6.45, 7) is 4.34. The number of hydrogen-bond acceptors (Lipinski definition) is 2. The highest BCUT2D eigenvalue weighted by molar-refractivity contribution is 9.10. The molecule has 0 atom stereocenters. The first-order valence-electron chi connectivity index (χ1n) is 7.00. The fourth-order valence-corrected chi connectivity index (χ4v) is 2.51. The Kier molecular flexibility index (Phi) is 6.67. The number of benzene rings is 1. The maximum atomic E-state index is 5.85. The lowest BCUT2D eigenvalue weighted by Crippen LogP contribution is -2.35. The second-order valence-electron chi connectivity index (χ2n) is 4.91. The Morgan fingerprint density at radius 1 is 1.32 bits per heavy atom. The zero-order valence-electron chi connectivity index (χ0n) is 12.3. The van der Waals surface area contributed by atoms with Crippen LogP contribution in [0.4, 0.5) is 0 Å². The average molecular weight is 402 g/mol. The summed E-state index contributed by atoms with van der Waals surface area (Å²) >= 11 is 14.6.